The standard InChI is InChI=1S/C17H18FN3O4/c1-10-7-11(2)21(20-10)15-6-5-12(8-13(15)18)19-14(17(23)25-4)9-16(22)24-3/h5-9,19H,1-4H3/b14-9+. The summed E-state index contributed by atoms with van der Waals surface area (Å²) in [5, 5.41) is 6.88. The van der Waals surface area contributed by atoms with Crippen molar-refractivity contribution in [1.29, 1.82) is 0 Å². The molecule has 0 fully saturated rings. The molecule has 0 unspecified atom stereocenters. The summed E-state index contributed by atoms with van der Waals surface area (Å²) >= 11 is 0. The van der Waals surface area contributed by atoms with Gasteiger partial charge in [-0.15, -0.1) is 0 Å². The zero-order chi connectivity index (χ0) is 18.6. The molecule has 2 aromatic rings. The van der Waals surface area contributed by atoms with E-state index in [-0.39, 0.29) is 17.1 Å². The van der Waals surface area contributed by atoms with Crippen LogP contribution in [0.3, 0.4) is 0 Å². The number of carbonyl (C=O) groups is 2. The third-order valence-electron chi connectivity index (χ3n) is 3.33. The van der Waals surface area contributed by atoms with Crippen LogP contribution in [0.1, 0.15) is 11.4 Å². The number of carbonyl (C=O) groups excluding carboxylic acids is 2. The summed E-state index contributed by atoms with van der Waals surface area (Å²) in [6.07, 6.45) is 0.929. The number of nitrogens with zero attached hydrogens (tertiary/aromatic N) is 2. The number of aryl methyl sites for hydroxylation is 2. The third-order valence-corrected chi connectivity index (χ3v) is 3.33. The fraction of sp³-hybridized carbons (Fsp3) is 0.235. The molecule has 0 spiro atoms. The fourth-order valence-electron chi connectivity index (χ4n) is 2.22. The van der Waals surface area contributed by atoms with Crippen molar-refractivity contribution in [3.8, 4) is 5.69 Å². The summed E-state index contributed by atoms with van der Waals surface area (Å²) in [7, 11) is 2.35. The first-order valence-corrected chi connectivity index (χ1v) is 7.34. The Balaban J connectivity index is 2.33. The summed E-state index contributed by atoms with van der Waals surface area (Å²) in [6.45, 7) is 3.64. The van der Waals surface area contributed by atoms with E-state index in [9.17, 15) is 14.0 Å². The molecule has 1 aromatic heterocycles. The molecule has 8 heteroatoms. The molecule has 0 radical (unpaired) electrons. The van der Waals surface area contributed by atoms with Gasteiger partial charge in [0, 0.05) is 11.4 Å². The fourth-order valence-corrected chi connectivity index (χ4v) is 2.22. The second kappa shape index (κ2) is 7.61. The third kappa shape index (κ3) is 4.23. The summed E-state index contributed by atoms with van der Waals surface area (Å²) in [4.78, 5) is 23.1. The van der Waals surface area contributed by atoms with Crippen LogP contribution in [0.5, 0.6) is 0 Å². The van der Waals surface area contributed by atoms with Crippen molar-refractivity contribution in [2.45, 2.75) is 13.8 Å². The second-order valence-corrected chi connectivity index (χ2v) is 5.20. The van der Waals surface area contributed by atoms with E-state index < -0.39 is 17.8 Å². The van der Waals surface area contributed by atoms with Crippen LogP contribution >= 0.6 is 0 Å². The normalized spacial score (nSPS) is 11.2. The van der Waals surface area contributed by atoms with Crippen LogP contribution in [0, 0.1) is 19.7 Å². The lowest BCUT2D eigenvalue weighted by molar-refractivity contribution is -0.138. The van der Waals surface area contributed by atoms with Crippen molar-refractivity contribution in [2.24, 2.45) is 0 Å². The minimum atomic E-state index is -0.784. The van der Waals surface area contributed by atoms with E-state index in [1.807, 2.05) is 19.9 Å². The van der Waals surface area contributed by atoms with Crippen LogP contribution in [0.25, 0.3) is 5.69 Å². The van der Waals surface area contributed by atoms with Crippen LogP contribution < -0.4 is 5.32 Å². The predicted molar refractivity (Wildman–Crippen MR) is 88.7 cm³/mol. The van der Waals surface area contributed by atoms with Crippen LogP contribution in [0.2, 0.25) is 0 Å². The van der Waals surface area contributed by atoms with Gasteiger partial charge in [-0.25, -0.2) is 18.7 Å². The highest BCUT2D eigenvalue weighted by molar-refractivity contribution is 5.98. The van der Waals surface area contributed by atoms with Crippen molar-refractivity contribution in [3.63, 3.8) is 0 Å². The molecule has 0 bridgehead atoms. The van der Waals surface area contributed by atoms with E-state index in [0.717, 1.165) is 17.5 Å². The Morgan fingerprint density at radius 3 is 2.44 bits per heavy atom. The molecule has 0 amide bonds. The first-order valence-electron chi connectivity index (χ1n) is 7.34. The summed E-state index contributed by atoms with van der Waals surface area (Å²) < 4.78 is 25.0. The lowest BCUT2D eigenvalue weighted by Crippen LogP contribution is -2.15. The van der Waals surface area contributed by atoms with Crippen molar-refractivity contribution in [2.75, 3.05) is 19.5 Å². The quantitative estimate of drug-likeness (QED) is 0.660. The van der Waals surface area contributed by atoms with Gasteiger partial charge in [-0.2, -0.15) is 5.10 Å². The lowest BCUT2D eigenvalue weighted by atomic mass is 10.2. The molecule has 1 heterocycles. The molecule has 2 rings (SSSR count). The number of ether oxygens (including phenoxy) is 2. The molecule has 0 aliphatic carbocycles. The first kappa shape index (κ1) is 18.2. The van der Waals surface area contributed by atoms with Crippen LogP contribution in [-0.2, 0) is 19.1 Å². The van der Waals surface area contributed by atoms with Gasteiger partial charge in [-0.1, -0.05) is 0 Å². The molecule has 0 atom stereocenters. The zero-order valence-corrected chi connectivity index (χ0v) is 14.3. The molecule has 0 saturated carbocycles. The van der Waals surface area contributed by atoms with Crippen molar-refractivity contribution in [1.82, 2.24) is 9.78 Å². The maximum Gasteiger partial charge on any atom is 0.354 e. The largest absolute Gasteiger partial charge is 0.466 e. The molecule has 132 valence electrons. The van der Waals surface area contributed by atoms with Crippen molar-refractivity contribution < 1.29 is 23.5 Å². The van der Waals surface area contributed by atoms with E-state index in [2.05, 4.69) is 19.9 Å². The Kier molecular flexibility index (Phi) is 5.53. The van der Waals surface area contributed by atoms with E-state index >= 15 is 0 Å². The molecule has 7 nitrogen and oxygen atoms in total. The highest BCUT2D eigenvalue weighted by Crippen LogP contribution is 2.21. The van der Waals surface area contributed by atoms with Gasteiger partial charge < -0.3 is 14.8 Å². The topological polar surface area (TPSA) is 82.5 Å². The molecule has 0 aliphatic rings. The van der Waals surface area contributed by atoms with Crippen LogP contribution in [-0.4, -0.2) is 35.9 Å². The SMILES string of the molecule is COC(=O)/C=C(/Nc1ccc(-n2nc(C)cc2C)c(F)c1)C(=O)OC. The molecule has 0 saturated heterocycles. The molecular formula is C17H18FN3O4. The second-order valence-electron chi connectivity index (χ2n) is 5.20. The monoisotopic (exact) mass is 347 g/mol. The average Bonchev–Trinajstić information content (AvgIpc) is 2.91. The van der Waals surface area contributed by atoms with E-state index in [1.54, 1.807) is 6.07 Å². The number of rotatable bonds is 5. The van der Waals surface area contributed by atoms with Gasteiger partial charge >= 0.3 is 11.9 Å². The minimum Gasteiger partial charge on any atom is -0.466 e. The van der Waals surface area contributed by atoms with E-state index in [0.29, 0.717) is 0 Å². The zero-order valence-electron chi connectivity index (χ0n) is 14.3. The van der Waals surface area contributed by atoms with Gasteiger partial charge in [-0.05, 0) is 38.1 Å². The maximum atomic E-state index is 14.5. The number of methoxy groups -OCH3 is 2. The Morgan fingerprint density at radius 1 is 1.20 bits per heavy atom. The highest BCUT2D eigenvalue weighted by Gasteiger charge is 2.15. The van der Waals surface area contributed by atoms with Gasteiger partial charge in [0.15, 0.2) is 5.82 Å². The lowest BCUT2D eigenvalue weighted by Gasteiger charge is -2.11. The molecule has 0 aliphatic heterocycles. The number of esters is 2. The van der Waals surface area contributed by atoms with Crippen molar-refractivity contribution >= 4 is 17.6 Å². The van der Waals surface area contributed by atoms with Crippen molar-refractivity contribution in [3.05, 3.63) is 53.2 Å². The Labute approximate surface area is 144 Å². The molecule has 1 N–H and O–H groups in total. The number of anilines is 1. The van der Waals surface area contributed by atoms with Gasteiger partial charge in [-0.3, -0.25) is 0 Å². The van der Waals surface area contributed by atoms with Gasteiger partial charge in [0.25, 0.3) is 0 Å². The summed E-state index contributed by atoms with van der Waals surface area (Å²) in [5.74, 6) is -2.07. The van der Waals surface area contributed by atoms with Crippen LogP contribution in [0.15, 0.2) is 36.0 Å². The number of benzene rings is 1. The van der Waals surface area contributed by atoms with Gasteiger partial charge in [0.05, 0.1) is 26.0 Å². The number of hydrogen-bond acceptors (Lipinski definition) is 6. The summed E-state index contributed by atoms with van der Waals surface area (Å²) in [5.41, 5.74) is 1.93. The average molecular weight is 347 g/mol. The summed E-state index contributed by atoms with van der Waals surface area (Å²) in [6, 6.07) is 6.10. The van der Waals surface area contributed by atoms with Crippen LogP contribution in [0.4, 0.5) is 10.1 Å². The van der Waals surface area contributed by atoms with E-state index in [4.69, 9.17) is 0 Å². The molecule has 25 heavy (non-hydrogen) atoms. The number of halogens is 1. The smallest absolute Gasteiger partial charge is 0.354 e. The Hall–Kier alpha value is -3.16. The molecule has 1 aromatic carbocycles. The number of hydrogen-bond donors (Lipinski definition) is 1. The Bertz CT molecular complexity index is 842. The van der Waals surface area contributed by atoms with Gasteiger partial charge in [0.1, 0.15) is 11.4 Å². The van der Waals surface area contributed by atoms with E-state index in [1.165, 1.54) is 31.0 Å². The maximum absolute atomic E-state index is 14.5. The predicted octanol–water partition coefficient (Wildman–Crippen LogP) is 2.27. The van der Waals surface area contributed by atoms with Gasteiger partial charge in [0.2, 0.25) is 0 Å². The number of aromatic nitrogens is 2. The highest BCUT2D eigenvalue weighted by atomic mass is 19.1. The first-order chi connectivity index (χ1) is 11.8. The number of nitrogens with one attached hydrogen (secondary N) is 1. The Morgan fingerprint density at radius 2 is 1.92 bits per heavy atom. The molecular weight excluding hydrogens is 329 g/mol. The minimum absolute atomic E-state index is 0.174.